The number of hydrogen-bond donors (Lipinski definition) is 0. The van der Waals surface area contributed by atoms with Gasteiger partial charge in [0.05, 0.1) is 0 Å². The number of rotatable bonds is 6. The second-order valence-electron chi connectivity index (χ2n) is 4.97. The molecule has 0 saturated heterocycles. The van der Waals surface area contributed by atoms with Crippen LogP contribution in [-0.4, -0.2) is 29.0 Å². The number of benzene rings is 1. The lowest BCUT2D eigenvalue weighted by Crippen LogP contribution is -2.31. The Morgan fingerprint density at radius 3 is 2.25 bits per heavy atom. The van der Waals surface area contributed by atoms with Crippen LogP contribution in [-0.2, 0) is 20.8 Å². The highest BCUT2D eigenvalue weighted by Crippen LogP contribution is 2.08. The Labute approximate surface area is 118 Å². The summed E-state index contributed by atoms with van der Waals surface area (Å²) in [5, 5.41) is 0. The van der Waals surface area contributed by atoms with Crippen molar-refractivity contribution in [1.82, 2.24) is 4.90 Å². The summed E-state index contributed by atoms with van der Waals surface area (Å²) in [5.74, 6) is -0.456. The molecule has 1 aromatic rings. The molecule has 0 N–H and O–H groups in total. The normalized spacial score (nSPS) is 14.2. The van der Waals surface area contributed by atoms with Gasteiger partial charge in [-0.05, 0) is 18.9 Å². The van der Waals surface area contributed by atoms with Gasteiger partial charge in [-0.3, -0.25) is 19.3 Å². The predicted molar refractivity (Wildman–Crippen MR) is 75.0 cm³/mol. The molecule has 0 bridgehead atoms. The Hall–Kier alpha value is -2.23. The minimum absolute atomic E-state index is 0.126. The van der Waals surface area contributed by atoms with Crippen molar-refractivity contribution in [3.8, 4) is 0 Å². The lowest BCUT2D eigenvalue weighted by molar-refractivity contribution is -0.137. The first-order chi connectivity index (χ1) is 9.56. The molecule has 0 atom stereocenters. The second kappa shape index (κ2) is 6.28. The number of ketones is 1. The fourth-order valence-electron chi connectivity index (χ4n) is 2.11. The first-order valence-corrected chi connectivity index (χ1v) is 6.67. The molecule has 1 heterocycles. The number of Topliss-reactive ketones (excluding diaryl/α,β-unsaturated/α-hetero) is 1. The molecule has 20 heavy (non-hydrogen) atoms. The van der Waals surface area contributed by atoms with Crippen LogP contribution in [0.5, 0.6) is 0 Å². The largest absolute Gasteiger partial charge is 0.299 e. The molecule has 0 unspecified atom stereocenters. The van der Waals surface area contributed by atoms with Crippen molar-refractivity contribution in [3.63, 3.8) is 0 Å². The zero-order valence-electron chi connectivity index (χ0n) is 11.5. The van der Waals surface area contributed by atoms with E-state index in [1.807, 2.05) is 31.2 Å². The van der Waals surface area contributed by atoms with Gasteiger partial charge < -0.3 is 0 Å². The van der Waals surface area contributed by atoms with Crippen molar-refractivity contribution in [3.05, 3.63) is 47.5 Å². The molecule has 2 rings (SSSR count). The standard InChI is InChI=1S/C16H17NO3/c1-12-4-6-13(7-5-12)11-14(18)3-2-10-17-15(19)8-9-16(17)20/h4-9H,2-3,10-11H2,1H3. The molecule has 0 aromatic heterocycles. The Bertz CT molecular complexity index is 540. The van der Waals surface area contributed by atoms with Crippen LogP contribution in [0.3, 0.4) is 0 Å². The molecule has 0 spiro atoms. The molecule has 0 fully saturated rings. The number of aryl methyl sites for hydroxylation is 1. The molecule has 0 aliphatic carbocycles. The van der Waals surface area contributed by atoms with Crippen LogP contribution in [0.1, 0.15) is 24.0 Å². The predicted octanol–water partition coefficient (Wildman–Crippen LogP) is 1.81. The third-order valence-corrected chi connectivity index (χ3v) is 3.26. The first kappa shape index (κ1) is 14.2. The zero-order valence-corrected chi connectivity index (χ0v) is 11.5. The van der Waals surface area contributed by atoms with Gasteiger partial charge in [-0.25, -0.2) is 0 Å². The van der Waals surface area contributed by atoms with Crippen molar-refractivity contribution in [2.24, 2.45) is 0 Å². The first-order valence-electron chi connectivity index (χ1n) is 6.67. The third-order valence-electron chi connectivity index (χ3n) is 3.26. The van der Waals surface area contributed by atoms with Gasteiger partial charge in [0.25, 0.3) is 11.8 Å². The zero-order chi connectivity index (χ0) is 14.5. The van der Waals surface area contributed by atoms with E-state index >= 15 is 0 Å². The van der Waals surface area contributed by atoms with Crippen molar-refractivity contribution in [2.45, 2.75) is 26.2 Å². The summed E-state index contributed by atoms with van der Waals surface area (Å²) >= 11 is 0. The molecule has 4 nitrogen and oxygen atoms in total. The summed E-state index contributed by atoms with van der Waals surface area (Å²) in [4.78, 5) is 35.6. The highest BCUT2D eigenvalue weighted by molar-refractivity contribution is 6.12. The summed E-state index contributed by atoms with van der Waals surface area (Å²) in [5.41, 5.74) is 2.16. The quantitative estimate of drug-likeness (QED) is 0.741. The van der Waals surface area contributed by atoms with Crippen LogP contribution < -0.4 is 0 Å². The van der Waals surface area contributed by atoms with E-state index in [9.17, 15) is 14.4 Å². The maximum Gasteiger partial charge on any atom is 0.253 e. The monoisotopic (exact) mass is 271 g/mol. The summed E-state index contributed by atoms with van der Waals surface area (Å²) < 4.78 is 0. The van der Waals surface area contributed by atoms with Crippen molar-refractivity contribution in [1.29, 1.82) is 0 Å². The summed E-state index contributed by atoms with van der Waals surface area (Å²) in [6.07, 6.45) is 3.82. The number of amides is 2. The van der Waals surface area contributed by atoms with Crippen LogP contribution in [0.4, 0.5) is 0 Å². The molecule has 104 valence electrons. The van der Waals surface area contributed by atoms with E-state index in [2.05, 4.69) is 0 Å². The maximum absolute atomic E-state index is 11.8. The highest BCUT2D eigenvalue weighted by atomic mass is 16.2. The van der Waals surface area contributed by atoms with E-state index in [1.165, 1.54) is 22.6 Å². The van der Waals surface area contributed by atoms with Crippen molar-refractivity contribution in [2.75, 3.05) is 6.54 Å². The lowest BCUT2D eigenvalue weighted by Gasteiger charge is -2.12. The molecule has 0 saturated carbocycles. The van der Waals surface area contributed by atoms with Gasteiger partial charge in [0.1, 0.15) is 5.78 Å². The van der Waals surface area contributed by atoms with Crippen molar-refractivity contribution >= 4 is 17.6 Å². The summed E-state index contributed by atoms with van der Waals surface area (Å²) in [6.45, 7) is 2.31. The average Bonchev–Trinajstić information content (AvgIpc) is 2.73. The third kappa shape index (κ3) is 3.63. The number of hydrogen-bond acceptors (Lipinski definition) is 3. The summed E-state index contributed by atoms with van der Waals surface area (Å²) in [6, 6.07) is 7.86. The Morgan fingerprint density at radius 1 is 1.05 bits per heavy atom. The minimum atomic E-state index is -0.291. The van der Waals surface area contributed by atoms with E-state index < -0.39 is 0 Å². The molecular formula is C16H17NO3. The molecule has 1 aromatic carbocycles. The minimum Gasteiger partial charge on any atom is -0.299 e. The van der Waals surface area contributed by atoms with Crippen LogP contribution in [0.25, 0.3) is 0 Å². The summed E-state index contributed by atoms with van der Waals surface area (Å²) in [7, 11) is 0. The van der Waals surface area contributed by atoms with Gasteiger partial charge >= 0.3 is 0 Å². The Kier molecular flexibility index (Phi) is 4.45. The highest BCUT2D eigenvalue weighted by Gasteiger charge is 2.22. The smallest absolute Gasteiger partial charge is 0.253 e. The fraction of sp³-hybridized carbons (Fsp3) is 0.312. The van der Waals surface area contributed by atoms with Gasteiger partial charge in [0.15, 0.2) is 0 Å². The lowest BCUT2D eigenvalue weighted by atomic mass is 10.0. The maximum atomic E-state index is 11.8. The number of carbonyl (C=O) groups excluding carboxylic acids is 3. The molecule has 0 radical (unpaired) electrons. The molecule has 1 aliphatic rings. The van der Waals surface area contributed by atoms with E-state index in [1.54, 1.807) is 0 Å². The molecule has 4 heteroatoms. The van der Waals surface area contributed by atoms with E-state index in [-0.39, 0.29) is 17.6 Å². The van der Waals surface area contributed by atoms with E-state index in [0.29, 0.717) is 25.8 Å². The molecule has 2 amide bonds. The number of carbonyl (C=O) groups is 3. The topological polar surface area (TPSA) is 54.5 Å². The van der Waals surface area contributed by atoms with E-state index in [0.717, 1.165) is 5.56 Å². The van der Waals surface area contributed by atoms with Gasteiger partial charge in [-0.1, -0.05) is 29.8 Å². The van der Waals surface area contributed by atoms with E-state index in [4.69, 9.17) is 0 Å². The average molecular weight is 271 g/mol. The number of nitrogens with zero attached hydrogens (tertiary/aromatic N) is 1. The van der Waals surface area contributed by atoms with Crippen LogP contribution in [0, 0.1) is 6.92 Å². The second-order valence-corrected chi connectivity index (χ2v) is 4.97. The molecular weight excluding hydrogens is 254 g/mol. The Morgan fingerprint density at radius 2 is 1.65 bits per heavy atom. The van der Waals surface area contributed by atoms with Gasteiger partial charge in [0, 0.05) is 31.5 Å². The van der Waals surface area contributed by atoms with Crippen molar-refractivity contribution < 1.29 is 14.4 Å². The number of imide groups is 1. The van der Waals surface area contributed by atoms with Gasteiger partial charge in [-0.15, -0.1) is 0 Å². The van der Waals surface area contributed by atoms with Crippen LogP contribution in [0.2, 0.25) is 0 Å². The SMILES string of the molecule is Cc1ccc(CC(=O)CCCN2C(=O)C=CC2=O)cc1. The Balaban J connectivity index is 1.74. The van der Waals surface area contributed by atoms with Crippen LogP contribution in [0.15, 0.2) is 36.4 Å². The molecule has 1 aliphatic heterocycles. The van der Waals surface area contributed by atoms with Gasteiger partial charge in [0.2, 0.25) is 0 Å². The van der Waals surface area contributed by atoms with Crippen LogP contribution >= 0.6 is 0 Å². The fourth-order valence-corrected chi connectivity index (χ4v) is 2.11. The van der Waals surface area contributed by atoms with Gasteiger partial charge in [-0.2, -0.15) is 0 Å².